The number of alkyl halides is 3. The van der Waals surface area contributed by atoms with Gasteiger partial charge >= 0.3 is 12.1 Å². The molecule has 2 atom stereocenters. The van der Waals surface area contributed by atoms with E-state index in [0.29, 0.717) is 0 Å². The number of ether oxygens (including phenoxy) is 1. The maximum absolute atomic E-state index is 13.1. The van der Waals surface area contributed by atoms with E-state index < -0.39 is 42.3 Å². The van der Waals surface area contributed by atoms with Gasteiger partial charge in [0.25, 0.3) is 0 Å². The highest BCUT2D eigenvalue weighted by Gasteiger charge is 2.33. The van der Waals surface area contributed by atoms with Gasteiger partial charge in [-0.25, -0.2) is 8.78 Å². The molecule has 4 nitrogen and oxygen atoms in total. The second-order valence-electron chi connectivity index (χ2n) is 5.78. The number of carboxylic acid groups (broad SMARTS) is 1. The Kier molecular flexibility index (Phi) is 6.67. The first-order valence-electron chi connectivity index (χ1n) is 7.70. The van der Waals surface area contributed by atoms with E-state index in [0.717, 1.165) is 18.2 Å². The third-order valence-corrected chi connectivity index (χ3v) is 4.09. The van der Waals surface area contributed by atoms with Gasteiger partial charge in [0.15, 0.2) is 6.67 Å². The van der Waals surface area contributed by atoms with Crippen LogP contribution in [0.25, 0.3) is 0 Å². The minimum Gasteiger partial charge on any atom is -0.481 e. The van der Waals surface area contributed by atoms with Crippen LogP contribution in [0.15, 0.2) is 42.5 Å². The van der Waals surface area contributed by atoms with E-state index in [1.165, 1.54) is 24.3 Å². The molecule has 0 saturated carbocycles. The number of carbonyl (C=O) groups is 1. The summed E-state index contributed by atoms with van der Waals surface area (Å²) in [4.78, 5) is 11.6. The molecule has 0 aromatic heterocycles. The van der Waals surface area contributed by atoms with Crippen LogP contribution in [0, 0.1) is 11.7 Å². The highest BCUT2D eigenvalue weighted by Crippen LogP contribution is 2.33. The number of aliphatic hydroxyl groups excluding tert-OH is 1. The molecule has 2 aromatic rings. The van der Waals surface area contributed by atoms with Crippen molar-refractivity contribution in [2.75, 3.05) is 6.67 Å². The van der Waals surface area contributed by atoms with E-state index in [2.05, 4.69) is 4.74 Å². The lowest BCUT2D eigenvalue weighted by Gasteiger charge is -2.21. The van der Waals surface area contributed by atoms with E-state index in [1.807, 2.05) is 0 Å². The molecule has 0 bridgehead atoms. The van der Waals surface area contributed by atoms with Crippen molar-refractivity contribution in [3.8, 4) is 5.75 Å². The molecule has 0 aliphatic carbocycles. The van der Waals surface area contributed by atoms with E-state index >= 15 is 0 Å². The molecule has 2 unspecified atom stereocenters. The van der Waals surface area contributed by atoms with Gasteiger partial charge in [0.2, 0.25) is 0 Å². The molecule has 2 rings (SSSR count). The Balaban J connectivity index is 2.26. The number of halogens is 5. The molecule has 0 spiro atoms. The first kappa shape index (κ1) is 21.0. The van der Waals surface area contributed by atoms with Crippen molar-refractivity contribution < 1.29 is 37.3 Å². The van der Waals surface area contributed by atoms with Crippen molar-refractivity contribution in [2.24, 2.45) is 5.92 Å². The second-order valence-corrected chi connectivity index (χ2v) is 6.19. The molecule has 146 valence electrons. The standard InChI is InChI=1S/C18H15ClF4O4/c19-14-6-1-10(8-15(14)27-18(22,23)9-20)7-13(17(25)26)16(24)11-2-4-12(21)5-3-11/h1-6,8,13,16,24H,7,9H2,(H,25,26). The van der Waals surface area contributed by atoms with Crippen molar-refractivity contribution in [1.82, 2.24) is 0 Å². The minimum atomic E-state index is -4.08. The molecular weight excluding hydrogens is 392 g/mol. The van der Waals surface area contributed by atoms with Gasteiger partial charge in [-0.05, 0) is 41.8 Å². The molecule has 2 aromatic carbocycles. The summed E-state index contributed by atoms with van der Waals surface area (Å²) < 4.78 is 55.7. The highest BCUT2D eigenvalue weighted by molar-refractivity contribution is 6.32. The predicted molar refractivity (Wildman–Crippen MR) is 89.2 cm³/mol. The van der Waals surface area contributed by atoms with Crippen molar-refractivity contribution >= 4 is 17.6 Å². The summed E-state index contributed by atoms with van der Waals surface area (Å²) >= 11 is 5.75. The number of benzene rings is 2. The Morgan fingerprint density at radius 3 is 2.37 bits per heavy atom. The van der Waals surface area contributed by atoms with Crippen LogP contribution in [0.3, 0.4) is 0 Å². The third-order valence-electron chi connectivity index (χ3n) is 3.78. The van der Waals surface area contributed by atoms with Crippen molar-refractivity contribution in [3.05, 3.63) is 64.4 Å². The Morgan fingerprint density at radius 2 is 1.81 bits per heavy atom. The van der Waals surface area contributed by atoms with Crippen LogP contribution in [0.4, 0.5) is 17.6 Å². The number of aliphatic hydroxyl groups is 1. The second kappa shape index (κ2) is 8.58. The predicted octanol–water partition coefficient (Wildman–Crippen LogP) is 4.40. The Bertz CT molecular complexity index is 798. The Labute approximate surface area is 157 Å². The molecule has 9 heteroatoms. The van der Waals surface area contributed by atoms with E-state index in [4.69, 9.17) is 11.6 Å². The molecule has 0 radical (unpaired) electrons. The molecule has 2 N–H and O–H groups in total. The summed E-state index contributed by atoms with van der Waals surface area (Å²) in [6, 6.07) is 8.26. The van der Waals surface area contributed by atoms with Crippen LogP contribution in [0.1, 0.15) is 17.2 Å². The first-order chi connectivity index (χ1) is 12.6. The van der Waals surface area contributed by atoms with Gasteiger partial charge < -0.3 is 14.9 Å². The van der Waals surface area contributed by atoms with Crippen LogP contribution in [-0.2, 0) is 11.2 Å². The summed E-state index contributed by atoms with van der Waals surface area (Å²) in [6.45, 7) is -2.06. The van der Waals surface area contributed by atoms with Crippen molar-refractivity contribution in [1.29, 1.82) is 0 Å². The van der Waals surface area contributed by atoms with E-state index in [9.17, 15) is 32.6 Å². The number of hydrogen-bond donors (Lipinski definition) is 2. The average Bonchev–Trinajstić information content (AvgIpc) is 2.62. The number of hydrogen-bond acceptors (Lipinski definition) is 3. The zero-order chi connectivity index (χ0) is 20.2. The van der Waals surface area contributed by atoms with Gasteiger partial charge in [-0.1, -0.05) is 29.8 Å². The molecule has 0 amide bonds. The summed E-state index contributed by atoms with van der Waals surface area (Å²) in [5.41, 5.74) is 0.399. The Morgan fingerprint density at radius 1 is 1.19 bits per heavy atom. The lowest BCUT2D eigenvalue weighted by Crippen LogP contribution is -2.27. The number of rotatable bonds is 8. The van der Waals surface area contributed by atoms with Crippen LogP contribution >= 0.6 is 11.6 Å². The van der Waals surface area contributed by atoms with Crippen LogP contribution in [0.5, 0.6) is 5.75 Å². The fourth-order valence-corrected chi connectivity index (χ4v) is 2.58. The maximum Gasteiger partial charge on any atom is 0.427 e. The van der Waals surface area contributed by atoms with Crippen molar-refractivity contribution in [3.63, 3.8) is 0 Å². The summed E-state index contributed by atoms with van der Waals surface area (Å²) in [7, 11) is 0. The summed E-state index contributed by atoms with van der Waals surface area (Å²) in [6.07, 6.45) is -5.82. The fraction of sp³-hybridized carbons (Fsp3) is 0.278. The molecular formula is C18H15ClF4O4. The molecule has 0 heterocycles. The average molecular weight is 407 g/mol. The van der Waals surface area contributed by atoms with Gasteiger partial charge in [0, 0.05) is 0 Å². The topological polar surface area (TPSA) is 66.8 Å². The van der Waals surface area contributed by atoms with E-state index in [1.54, 1.807) is 0 Å². The number of aliphatic carboxylic acids is 1. The minimum absolute atomic E-state index is 0.179. The van der Waals surface area contributed by atoms with Gasteiger partial charge in [0.1, 0.15) is 11.6 Å². The van der Waals surface area contributed by atoms with E-state index in [-0.39, 0.29) is 22.6 Å². The largest absolute Gasteiger partial charge is 0.481 e. The molecule has 0 aliphatic rings. The smallest absolute Gasteiger partial charge is 0.427 e. The summed E-state index contributed by atoms with van der Waals surface area (Å²) in [5, 5.41) is 19.5. The quantitative estimate of drug-likeness (QED) is 0.638. The summed E-state index contributed by atoms with van der Waals surface area (Å²) in [5.74, 6) is -3.77. The van der Waals surface area contributed by atoms with Crippen molar-refractivity contribution in [2.45, 2.75) is 18.6 Å². The van der Waals surface area contributed by atoms with Crippen LogP contribution in [-0.4, -0.2) is 29.0 Å². The SMILES string of the molecule is O=C(O)C(Cc1ccc(Cl)c(OC(F)(F)CF)c1)C(O)c1ccc(F)cc1. The molecule has 0 aliphatic heterocycles. The van der Waals surface area contributed by atoms with Gasteiger partial charge in [-0.3, -0.25) is 4.79 Å². The lowest BCUT2D eigenvalue weighted by atomic mass is 9.90. The Hall–Kier alpha value is -2.32. The normalized spacial score (nSPS) is 13.9. The van der Waals surface area contributed by atoms with Crippen LogP contribution in [0.2, 0.25) is 5.02 Å². The maximum atomic E-state index is 13.1. The lowest BCUT2D eigenvalue weighted by molar-refractivity contribution is -0.186. The highest BCUT2D eigenvalue weighted by atomic mass is 35.5. The zero-order valence-electron chi connectivity index (χ0n) is 13.7. The first-order valence-corrected chi connectivity index (χ1v) is 8.08. The molecule has 27 heavy (non-hydrogen) atoms. The molecule has 0 fully saturated rings. The number of carboxylic acids is 1. The third kappa shape index (κ3) is 5.58. The molecule has 0 saturated heterocycles. The van der Waals surface area contributed by atoms with Crippen LogP contribution < -0.4 is 4.74 Å². The zero-order valence-corrected chi connectivity index (χ0v) is 14.5. The van der Waals surface area contributed by atoms with Gasteiger partial charge in [-0.2, -0.15) is 8.78 Å². The van der Waals surface area contributed by atoms with Gasteiger partial charge in [0.05, 0.1) is 17.0 Å². The van der Waals surface area contributed by atoms with Gasteiger partial charge in [-0.15, -0.1) is 0 Å². The monoisotopic (exact) mass is 406 g/mol. The fourth-order valence-electron chi connectivity index (χ4n) is 2.42.